The normalized spacial score (nSPS) is 27.0. The third kappa shape index (κ3) is 2.71. The number of nitrogens with two attached hydrogens (primary N) is 1. The lowest BCUT2D eigenvalue weighted by Crippen LogP contribution is -2.26. The van der Waals surface area contributed by atoms with E-state index in [0.717, 1.165) is 31.0 Å². The van der Waals surface area contributed by atoms with Gasteiger partial charge >= 0.3 is 0 Å². The summed E-state index contributed by atoms with van der Waals surface area (Å²) in [5, 5.41) is 7.49. The molecular formula is C14H15FN2O3S. The maximum Gasteiger partial charge on any atom is 0.238 e. The summed E-state index contributed by atoms with van der Waals surface area (Å²) in [5.74, 6) is -0.532. The van der Waals surface area contributed by atoms with Crippen molar-refractivity contribution in [2.45, 2.75) is 17.7 Å². The standard InChI is InChI=1S/C14H15FN2O3S/c15-12-4-3-10(21(16,19)20)7-13(12)17-14(18)11-6-8-1-2-9(11)5-8/h1-4,7-9,11H,5-6H2,(H,17,18)(H2,16,19,20). The van der Waals surface area contributed by atoms with Gasteiger partial charge in [-0.1, -0.05) is 12.2 Å². The quantitative estimate of drug-likeness (QED) is 0.831. The molecule has 1 aromatic rings. The van der Waals surface area contributed by atoms with E-state index in [9.17, 15) is 17.6 Å². The molecule has 5 nitrogen and oxygen atoms in total. The van der Waals surface area contributed by atoms with Gasteiger partial charge in [0, 0.05) is 5.92 Å². The van der Waals surface area contributed by atoms with Crippen molar-refractivity contribution >= 4 is 21.6 Å². The summed E-state index contributed by atoms with van der Waals surface area (Å²) < 4.78 is 36.3. The predicted octanol–water partition coefficient (Wildman–Crippen LogP) is 1.62. The van der Waals surface area contributed by atoms with Crippen LogP contribution >= 0.6 is 0 Å². The number of allylic oxidation sites excluding steroid dienone is 2. The summed E-state index contributed by atoms with van der Waals surface area (Å²) in [6.45, 7) is 0. The van der Waals surface area contributed by atoms with Gasteiger partial charge in [0.2, 0.25) is 15.9 Å². The van der Waals surface area contributed by atoms with Gasteiger partial charge in [-0.3, -0.25) is 4.79 Å². The molecule has 0 spiro atoms. The summed E-state index contributed by atoms with van der Waals surface area (Å²) in [5.41, 5.74) is -0.154. The Hall–Kier alpha value is -1.73. The number of amides is 1. The lowest BCUT2D eigenvalue weighted by Gasteiger charge is -2.18. The van der Waals surface area contributed by atoms with Crippen molar-refractivity contribution < 1.29 is 17.6 Å². The molecule has 3 unspecified atom stereocenters. The van der Waals surface area contributed by atoms with Crippen molar-refractivity contribution in [3.05, 3.63) is 36.2 Å². The molecule has 1 aromatic carbocycles. The summed E-state index contributed by atoms with van der Waals surface area (Å²) >= 11 is 0. The molecule has 7 heteroatoms. The Bertz CT molecular complexity index is 730. The van der Waals surface area contributed by atoms with Gasteiger partial charge in [-0.15, -0.1) is 0 Å². The van der Waals surface area contributed by atoms with Gasteiger partial charge in [-0.2, -0.15) is 0 Å². The number of sulfonamides is 1. The Morgan fingerprint density at radius 2 is 2.05 bits per heavy atom. The van der Waals surface area contributed by atoms with Crippen molar-refractivity contribution in [2.75, 3.05) is 5.32 Å². The highest BCUT2D eigenvalue weighted by Crippen LogP contribution is 2.43. The topological polar surface area (TPSA) is 89.3 Å². The van der Waals surface area contributed by atoms with Crippen LogP contribution in [-0.2, 0) is 14.8 Å². The highest BCUT2D eigenvalue weighted by molar-refractivity contribution is 7.89. The van der Waals surface area contributed by atoms with Gasteiger partial charge in [0.1, 0.15) is 5.82 Å². The number of carbonyl (C=O) groups is 1. The number of rotatable bonds is 3. The van der Waals surface area contributed by atoms with Crippen LogP contribution in [0.25, 0.3) is 0 Å². The first-order valence-corrected chi connectivity index (χ1v) is 8.21. The second kappa shape index (κ2) is 4.92. The second-order valence-corrected chi connectivity index (χ2v) is 7.12. The Labute approximate surface area is 122 Å². The molecule has 2 bridgehead atoms. The maximum absolute atomic E-state index is 13.7. The van der Waals surface area contributed by atoms with Crippen LogP contribution in [0.1, 0.15) is 12.8 Å². The largest absolute Gasteiger partial charge is 0.323 e. The fourth-order valence-corrected chi connectivity index (χ4v) is 3.62. The van der Waals surface area contributed by atoms with Crippen LogP contribution < -0.4 is 10.5 Å². The predicted molar refractivity (Wildman–Crippen MR) is 75.2 cm³/mol. The zero-order valence-electron chi connectivity index (χ0n) is 11.1. The number of halogens is 1. The van der Waals surface area contributed by atoms with Crippen LogP contribution in [0, 0.1) is 23.6 Å². The molecule has 0 aliphatic heterocycles. The lowest BCUT2D eigenvalue weighted by atomic mass is 9.93. The van der Waals surface area contributed by atoms with Crippen LogP contribution in [-0.4, -0.2) is 14.3 Å². The van der Waals surface area contributed by atoms with Gasteiger partial charge in [0.25, 0.3) is 0 Å². The van der Waals surface area contributed by atoms with Gasteiger partial charge in [-0.25, -0.2) is 17.9 Å². The number of anilines is 1. The third-order valence-corrected chi connectivity index (χ3v) is 5.05. The first kappa shape index (κ1) is 14.2. The molecule has 0 saturated heterocycles. The molecule has 1 amide bonds. The molecule has 0 heterocycles. The molecular weight excluding hydrogens is 295 g/mol. The number of hydrogen-bond acceptors (Lipinski definition) is 3. The molecule has 21 heavy (non-hydrogen) atoms. The molecule has 3 rings (SSSR count). The number of nitrogens with one attached hydrogen (secondary N) is 1. The lowest BCUT2D eigenvalue weighted by molar-refractivity contribution is -0.120. The number of hydrogen-bond donors (Lipinski definition) is 2. The summed E-state index contributed by atoms with van der Waals surface area (Å²) in [7, 11) is -3.93. The van der Waals surface area contributed by atoms with E-state index in [0.29, 0.717) is 5.92 Å². The summed E-state index contributed by atoms with van der Waals surface area (Å²) in [4.78, 5) is 12.0. The molecule has 0 radical (unpaired) electrons. The van der Waals surface area contributed by atoms with E-state index in [4.69, 9.17) is 5.14 Å². The Kier molecular flexibility index (Phi) is 3.33. The van der Waals surface area contributed by atoms with Crippen molar-refractivity contribution in [3.8, 4) is 0 Å². The molecule has 2 aliphatic carbocycles. The van der Waals surface area contributed by atoms with E-state index in [2.05, 4.69) is 11.4 Å². The first-order chi connectivity index (χ1) is 9.84. The van der Waals surface area contributed by atoms with E-state index in [1.54, 1.807) is 0 Å². The number of primary sulfonamides is 1. The highest BCUT2D eigenvalue weighted by atomic mass is 32.2. The van der Waals surface area contributed by atoms with Crippen LogP contribution in [0.15, 0.2) is 35.2 Å². The van der Waals surface area contributed by atoms with Crippen LogP contribution in [0.2, 0.25) is 0 Å². The van der Waals surface area contributed by atoms with Crippen LogP contribution in [0.5, 0.6) is 0 Å². The van der Waals surface area contributed by atoms with Crippen molar-refractivity contribution in [1.82, 2.24) is 0 Å². The van der Waals surface area contributed by atoms with E-state index < -0.39 is 15.8 Å². The zero-order valence-corrected chi connectivity index (χ0v) is 11.9. The third-order valence-electron chi connectivity index (χ3n) is 4.14. The van der Waals surface area contributed by atoms with Gasteiger partial charge in [0.05, 0.1) is 10.6 Å². The molecule has 1 fully saturated rings. The monoisotopic (exact) mass is 310 g/mol. The number of fused-ring (bicyclic) bond motifs is 2. The molecule has 1 saturated carbocycles. The Balaban J connectivity index is 1.81. The molecule has 2 aliphatic rings. The summed E-state index contributed by atoms with van der Waals surface area (Å²) in [6.07, 6.45) is 5.84. The second-order valence-electron chi connectivity index (χ2n) is 5.56. The highest BCUT2D eigenvalue weighted by Gasteiger charge is 2.39. The SMILES string of the molecule is NS(=O)(=O)c1ccc(F)c(NC(=O)C2CC3C=CC2C3)c1. The van der Waals surface area contributed by atoms with Crippen LogP contribution in [0.3, 0.4) is 0 Å². The van der Waals surface area contributed by atoms with Gasteiger partial charge < -0.3 is 5.32 Å². The van der Waals surface area contributed by atoms with E-state index in [1.807, 2.05) is 6.08 Å². The first-order valence-electron chi connectivity index (χ1n) is 6.66. The minimum absolute atomic E-state index is 0.154. The molecule has 0 aromatic heterocycles. The van der Waals surface area contributed by atoms with Crippen molar-refractivity contribution in [1.29, 1.82) is 0 Å². The van der Waals surface area contributed by atoms with E-state index >= 15 is 0 Å². The van der Waals surface area contributed by atoms with Crippen molar-refractivity contribution in [3.63, 3.8) is 0 Å². The fraction of sp³-hybridized carbons (Fsp3) is 0.357. The minimum Gasteiger partial charge on any atom is -0.323 e. The summed E-state index contributed by atoms with van der Waals surface area (Å²) in [6, 6.07) is 3.10. The van der Waals surface area contributed by atoms with Gasteiger partial charge in [0.15, 0.2) is 0 Å². The Morgan fingerprint density at radius 1 is 1.29 bits per heavy atom. The van der Waals surface area contributed by atoms with Crippen LogP contribution in [0.4, 0.5) is 10.1 Å². The maximum atomic E-state index is 13.7. The Morgan fingerprint density at radius 3 is 2.62 bits per heavy atom. The van der Waals surface area contributed by atoms with E-state index in [1.165, 1.54) is 0 Å². The molecule has 3 atom stereocenters. The average Bonchev–Trinajstić information content (AvgIpc) is 3.02. The number of benzene rings is 1. The minimum atomic E-state index is -3.93. The number of carbonyl (C=O) groups excluding carboxylic acids is 1. The fourth-order valence-electron chi connectivity index (χ4n) is 3.08. The molecule has 112 valence electrons. The van der Waals surface area contributed by atoms with E-state index in [-0.39, 0.29) is 28.3 Å². The van der Waals surface area contributed by atoms with Crippen molar-refractivity contribution in [2.24, 2.45) is 22.9 Å². The zero-order chi connectivity index (χ0) is 15.2. The molecule has 3 N–H and O–H groups in total. The average molecular weight is 310 g/mol. The van der Waals surface area contributed by atoms with Gasteiger partial charge in [-0.05, 0) is 42.9 Å². The smallest absolute Gasteiger partial charge is 0.238 e.